The molecule has 0 amide bonds. The van der Waals surface area contributed by atoms with Crippen LogP contribution in [-0.2, 0) is 0 Å². The molecule has 0 saturated heterocycles. The van der Waals surface area contributed by atoms with E-state index in [1.54, 1.807) is 25.1 Å². The van der Waals surface area contributed by atoms with Crippen molar-refractivity contribution in [3.8, 4) is 0 Å². The van der Waals surface area contributed by atoms with E-state index < -0.39 is 12.7 Å². The molecule has 0 unspecified atom stereocenters. The standard InChI is InChI=1S/C13H15F3N2S/c1-8-3-2-4-10(12(17)19)11(8)18(9-5-6-9)7-13(14,15)16/h2-4,9H,5-7H2,1H3,(H2,17,19). The van der Waals surface area contributed by atoms with Gasteiger partial charge in [-0.15, -0.1) is 0 Å². The van der Waals surface area contributed by atoms with Gasteiger partial charge < -0.3 is 10.6 Å². The van der Waals surface area contributed by atoms with E-state index >= 15 is 0 Å². The molecule has 19 heavy (non-hydrogen) atoms. The van der Waals surface area contributed by atoms with Crippen molar-refractivity contribution in [2.24, 2.45) is 5.73 Å². The quantitative estimate of drug-likeness (QED) is 0.863. The summed E-state index contributed by atoms with van der Waals surface area (Å²) in [7, 11) is 0. The van der Waals surface area contributed by atoms with Gasteiger partial charge in [0.25, 0.3) is 0 Å². The predicted octanol–water partition coefficient (Wildman–Crippen LogP) is 3.16. The fourth-order valence-corrected chi connectivity index (χ4v) is 2.37. The molecule has 1 fully saturated rings. The molecule has 0 bridgehead atoms. The van der Waals surface area contributed by atoms with Crippen molar-refractivity contribution in [2.45, 2.75) is 32.0 Å². The number of thiocarbonyl (C=S) groups is 1. The largest absolute Gasteiger partial charge is 0.405 e. The first-order valence-electron chi connectivity index (χ1n) is 6.02. The highest BCUT2D eigenvalue weighted by Gasteiger charge is 2.39. The molecule has 0 aromatic heterocycles. The highest BCUT2D eigenvalue weighted by atomic mass is 32.1. The number of hydrogen-bond donors (Lipinski definition) is 1. The topological polar surface area (TPSA) is 29.3 Å². The predicted molar refractivity (Wildman–Crippen MR) is 73.5 cm³/mol. The molecule has 2 N–H and O–H groups in total. The number of alkyl halides is 3. The second kappa shape index (κ2) is 5.00. The van der Waals surface area contributed by atoms with E-state index in [4.69, 9.17) is 18.0 Å². The van der Waals surface area contributed by atoms with Crippen LogP contribution in [-0.4, -0.2) is 23.8 Å². The number of benzene rings is 1. The molecule has 6 heteroatoms. The van der Waals surface area contributed by atoms with Crippen LogP contribution in [0.15, 0.2) is 18.2 Å². The lowest BCUT2D eigenvalue weighted by Crippen LogP contribution is -2.37. The lowest BCUT2D eigenvalue weighted by molar-refractivity contribution is -0.120. The number of anilines is 1. The number of hydrogen-bond acceptors (Lipinski definition) is 2. The van der Waals surface area contributed by atoms with Gasteiger partial charge in [0, 0.05) is 11.6 Å². The zero-order chi connectivity index (χ0) is 14.2. The smallest absolute Gasteiger partial charge is 0.389 e. The Morgan fingerprint density at radius 1 is 1.42 bits per heavy atom. The van der Waals surface area contributed by atoms with Crippen LogP contribution in [0.5, 0.6) is 0 Å². The average molecular weight is 288 g/mol. The number of rotatable bonds is 4. The van der Waals surface area contributed by atoms with Crippen molar-refractivity contribution in [1.82, 2.24) is 0 Å². The van der Waals surface area contributed by atoms with Crippen LogP contribution < -0.4 is 10.6 Å². The van der Waals surface area contributed by atoms with Crippen molar-refractivity contribution >= 4 is 22.9 Å². The summed E-state index contributed by atoms with van der Waals surface area (Å²) >= 11 is 4.95. The molecular formula is C13H15F3N2S. The Kier molecular flexibility index (Phi) is 3.71. The van der Waals surface area contributed by atoms with Crippen molar-refractivity contribution in [1.29, 1.82) is 0 Å². The Hall–Kier alpha value is -1.30. The van der Waals surface area contributed by atoms with E-state index in [1.807, 2.05) is 0 Å². The molecule has 0 heterocycles. The first-order valence-corrected chi connectivity index (χ1v) is 6.43. The van der Waals surface area contributed by atoms with Gasteiger partial charge in [-0.05, 0) is 31.4 Å². The Morgan fingerprint density at radius 2 is 2.05 bits per heavy atom. The van der Waals surface area contributed by atoms with Gasteiger partial charge in [0.05, 0.1) is 5.69 Å². The van der Waals surface area contributed by atoms with Gasteiger partial charge in [0.15, 0.2) is 0 Å². The molecule has 0 atom stereocenters. The molecule has 2 nitrogen and oxygen atoms in total. The van der Waals surface area contributed by atoms with Gasteiger partial charge in [0.1, 0.15) is 11.5 Å². The molecule has 1 aromatic rings. The summed E-state index contributed by atoms with van der Waals surface area (Å²) in [6.45, 7) is 0.820. The Balaban J connectivity index is 2.44. The monoisotopic (exact) mass is 288 g/mol. The second-order valence-electron chi connectivity index (χ2n) is 4.81. The number of aryl methyl sites for hydroxylation is 1. The van der Waals surface area contributed by atoms with Gasteiger partial charge in [-0.2, -0.15) is 13.2 Å². The lowest BCUT2D eigenvalue weighted by atomic mass is 10.1. The normalized spacial score (nSPS) is 15.4. The number of halogens is 3. The zero-order valence-electron chi connectivity index (χ0n) is 10.5. The summed E-state index contributed by atoms with van der Waals surface area (Å²) in [4.78, 5) is 1.52. The minimum atomic E-state index is -4.24. The number of nitrogens with two attached hydrogens (primary N) is 1. The minimum absolute atomic E-state index is 0.0594. The molecule has 1 saturated carbocycles. The third kappa shape index (κ3) is 3.37. The first-order chi connectivity index (χ1) is 8.79. The van der Waals surface area contributed by atoms with E-state index in [-0.39, 0.29) is 11.0 Å². The molecule has 1 aliphatic rings. The Bertz CT molecular complexity index is 495. The summed E-state index contributed by atoms with van der Waals surface area (Å²) in [5, 5.41) is 0. The third-order valence-corrected chi connectivity index (χ3v) is 3.35. The molecule has 0 radical (unpaired) electrons. The van der Waals surface area contributed by atoms with Crippen LogP contribution in [0.3, 0.4) is 0 Å². The maximum atomic E-state index is 12.7. The van der Waals surface area contributed by atoms with Gasteiger partial charge in [0.2, 0.25) is 0 Å². The van der Waals surface area contributed by atoms with Crippen molar-refractivity contribution in [3.63, 3.8) is 0 Å². The van der Waals surface area contributed by atoms with Crippen molar-refractivity contribution in [2.75, 3.05) is 11.4 Å². The van der Waals surface area contributed by atoms with E-state index in [0.29, 0.717) is 11.3 Å². The SMILES string of the molecule is Cc1cccc(C(N)=S)c1N(CC(F)(F)F)C1CC1. The highest BCUT2D eigenvalue weighted by Crippen LogP contribution is 2.37. The van der Waals surface area contributed by atoms with Crippen LogP contribution in [0.2, 0.25) is 0 Å². The van der Waals surface area contributed by atoms with Crippen LogP contribution >= 0.6 is 12.2 Å². The van der Waals surface area contributed by atoms with E-state index in [2.05, 4.69) is 0 Å². The Labute approximate surface area is 115 Å². The van der Waals surface area contributed by atoms with Gasteiger partial charge in [-0.3, -0.25) is 0 Å². The molecule has 2 rings (SSSR count). The van der Waals surface area contributed by atoms with E-state index in [9.17, 15) is 13.2 Å². The highest BCUT2D eigenvalue weighted by molar-refractivity contribution is 7.80. The third-order valence-electron chi connectivity index (χ3n) is 3.13. The maximum absolute atomic E-state index is 12.7. The van der Waals surface area contributed by atoms with Crippen molar-refractivity contribution in [3.05, 3.63) is 29.3 Å². The molecule has 0 spiro atoms. The number of para-hydroxylation sites is 1. The van der Waals surface area contributed by atoms with E-state index in [0.717, 1.165) is 18.4 Å². The second-order valence-corrected chi connectivity index (χ2v) is 5.25. The summed E-state index contributed by atoms with van der Waals surface area (Å²) in [5.41, 5.74) is 7.44. The molecule has 1 aromatic carbocycles. The average Bonchev–Trinajstić information content (AvgIpc) is 3.08. The zero-order valence-corrected chi connectivity index (χ0v) is 11.3. The summed E-state index contributed by atoms with van der Waals surface area (Å²) < 4.78 is 38.2. The lowest BCUT2D eigenvalue weighted by Gasteiger charge is -2.29. The Morgan fingerprint density at radius 3 is 2.53 bits per heavy atom. The van der Waals surface area contributed by atoms with Crippen LogP contribution in [0.1, 0.15) is 24.0 Å². The number of nitrogens with zero attached hydrogens (tertiary/aromatic N) is 1. The fraction of sp³-hybridized carbons (Fsp3) is 0.462. The summed E-state index contributed by atoms with van der Waals surface area (Å²) in [5.74, 6) is 0. The van der Waals surface area contributed by atoms with E-state index in [1.165, 1.54) is 4.90 Å². The van der Waals surface area contributed by atoms with Crippen molar-refractivity contribution < 1.29 is 13.2 Å². The minimum Gasteiger partial charge on any atom is -0.389 e. The molecular weight excluding hydrogens is 273 g/mol. The molecule has 104 valence electrons. The molecule has 0 aliphatic heterocycles. The van der Waals surface area contributed by atoms with Gasteiger partial charge in [-0.25, -0.2) is 0 Å². The summed E-state index contributed by atoms with van der Waals surface area (Å²) in [6.07, 6.45) is -2.68. The van der Waals surface area contributed by atoms with Crippen LogP contribution in [0.25, 0.3) is 0 Å². The van der Waals surface area contributed by atoms with Gasteiger partial charge >= 0.3 is 6.18 Å². The van der Waals surface area contributed by atoms with Crippen LogP contribution in [0.4, 0.5) is 18.9 Å². The first kappa shape index (κ1) is 14.1. The maximum Gasteiger partial charge on any atom is 0.405 e. The summed E-state index contributed by atoms with van der Waals surface area (Å²) in [6, 6.07) is 5.15. The fourth-order valence-electron chi connectivity index (χ4n) is 2.21. The molecule has 1 aliphatic carbocycles. The van der Waals surface area contributed by atoms with Gasteiger partial charge in [-0.1, -0.05) is 24.4 Å². The van der Waals surface area contributed by atoms with Crippen LogP contribution in [0, 0.1) is 6.92 Å².